The van der Waals surface area contributed by atoms with E-state index < -0.39 is 74.7 Å². The van der Waals surface area contributed by atoms with Gasteiger partial charge >= 0.3 is 7.82 Å². The highest BCUT2D eigenvalue weighted by Gasteiger charge is 2.32. The number of carbonyl (C=O) groups excluding carboxylic acids is 5. The SMILES string of the molecule is C[C@H](NC(=O)[C@@H](N)Cc1ccc(O)cc1)C(=O)NCC(=O)N(C)[C@@H](Cc1ccccc1)C(=O)N[C@@H](COP(=O)(O)OCc1ccccc1)C(N)=O. The van der Waals surface area contributed by atoms with Crippen LogP contribution in [-0.4, -0.2) is 88.8 Å². The van der Waals surface area contributed by atoms with Crippen LogP contribution >= 0.6 is 7.82 Å². The summed E-state index contributed by atoms with van der Waals surface area (Å²) in [6.45, 7) is -0.213. The number of nitrogens with zero attached hydrogens (tertiary/aromatic N) is 1. The Labute approximate surface area is 295 Å². The molecule has 274 valence electrons. The van der Waals surface area contributed by atoms with Gasteiger partial charge in [0.25, 0.3) is 0 Å². The summed E-state index contributed by atoms with van der Waals surface area (Å²) in [6.07, 6.45) is 0.137. The third kappa shape index (κ3) is 13.6. The number of phosphoric acid groups is 1. The van der Waals surface area contributed by atoms with Crippen LogP contribution in [0.15, 0.2) is 84.9 Å². The Morgan fingerprint density at radius 1 is 0.804 bits per heavy atom. The molecule has 3 aromatic carbocycles. The first-order valence-corrected chi connectivity index (χ1v) is 17.3. The molecule has 0 aliphatic carbocycles. The minimum absolute atomic E-state index is 0.0146. The van der Waals surface area contributed by atoms with Gasteiger partial charge in [-0.25, -0.2) is 4.57 Å². The van der Waals surface area contributed by atoms with Crippen LogP contribution in [0, 0.1) is 0 Å². The Kier molecular flexibility index (Phi) is 15.3. The third-order valence-electron chi connectivity index (χ3n) is 7.63. The van der Waals surface area contributed by atoms with Crippen LogP contribution in [0.1, 0.15) is 23.6 Å². The largest absolute Gasteiger partial charge is 0.508 e. The van der Waals surface area contributed by atoms with Gasteiger partial charge in [0.2, 0.25) is 29.5 Å². The second-order valence-corrected chi connectivity index (χ2v) is 13.1. The number of phenols is 1. The van der Waals surface area contributed by atoms with Gasteiger partial charge in [0.15, 0.2) is 0 Å². The van der Waals surface area contributed by atoms with Crippen LogP contribution in [0.5, 0.6) is 5.75 Å². The maximum Gasteiger partial charge on any atom is 0.472 e. The summed E-state index contributed by atoms with van der Waals surface area (Å²) < 4.78 is 22.4. The second-order valence-electron chi connectivity index (χ2n) is 11.6. The zero-order valence-corrected chi connectivity index (χ0v) is 29.0. The third-order valence-corrected chi connectivity index (χ3v) is 8.56. The lowest BCUT2D eigenvalue weighted by molar-refractivity contribution is -0.140. The lowest BCUT2D eigenvalue weighted by atomic mass is 10.0. The van der Waals surface area contributed by atoms with Crippen molar-refractivity contribution in [2.24, 2.45) is 11.5 Å². The molecule has 0 fully saturated rings. The topological polar surface area (TPSA) is 253 Å². The molecule has 17 heteroatoms. The Morgan fingerprint density at radius 2 is 1.37 bits per heavy atom. The predicted molar refractivity (Wildman–Crippen MR) is 185 cm³/mol. The number of hydrogen-bond donors (Lipinski definition) is 7. The quantitative estimate of drug-likeness (QED) is 0.0825. The van der Waals surface area contributed by atoms with Crippen molar-refractivity contribution in [2.75, 3.05) is 20.2 Å². The molecule has 5 amide bonds. The van der Waals surface area contributed by atoms with E-state index in [0.29, 0.717) is 16.7 Å². The van der Waals surface area contributed by atoms with Crippen molar-refractivity contribution < 1.29 is 47.6 Å². The number of phenolic OH excluding ortho intramolecular Hbond substituents is 1. The van der Waals surface area contributed by atoms with Crippen LogP contribution in [0.2, 0.25) is 0 Å². The molecule has 3 rings (SSSR count). The van der Waals surface area contributed by atoms with Gasteiger partial charge in [0.1, 0.15) is 23.9 Å². The summed E-state index contributed by atoms with van der Waals surface area (Å²) in [6, 6.07) is 18.5. The van der Waals surface area contributed by atoms with Crippen molar-refractivity contribution in [3.63, 3.8) is 0 Å². The van der Waals surface area contributed by atoms with Crippen molar-refractivity contribution in [3.05, 3.63) is 102 Å². The standard InChI is InChI=1S/C34H43N6O10P/c1-22(38-33(45)27(35)17-24-13-15-26(41)16-14-24)32(44)37-19-30(42)40(2)29(18-23-9-5-3-6-10-23)34(46)39-28(31(36)43)21-50-51(47,48)49-20-25-11-7-4-8-12-25/h3-16,22,27-29,41H,17-21,35H2,1-2H3,(H2,36,43)(H,37,44)(H,38,45)(H,39,46)(H,47,48)/t22-,27-,28-,29-/m0/s1. The number of carbonyl (C=O) groups is 5. The lowest BCUT2D eigenvalue weighted by Gasteiger charge is -2.29. The molecular formula is C34H43N6O10P. The summed E-state index contributed by atoms with van der Waals surface area (Å²) >= 11 is 0. The van der Waals surface area contributed by atoms with E-state index in [0.717, 1.165) is 4.90 Å². The van der Waals surface area contributed by atoms with Crippen LogP contribution in [0.3, 0.4) is 0 Å². The molecule has 51 heavy (non-hydrogen) atoms. The number of nitrogens with one attached hydrogen (secondary N) is 3. The first-order valence-electron chi connectivity index (χ1n) is 15.8. The molecule has 0 heterocycles. The van der Waals surface area contributed by atoms with E-state index in [4.69, 9.17) is 20.5 Å². The molecule has 1 unspecified atom stereocenters. The maximum absolute atomic E-state index is 13.5. The van der Waals surface area contributed by atoms with E-state index in [1.165, 1.54) is 26.1 Å². The van der Waals surface area contributed by atoms with Gasteiger partial charge in [0.05, 0.1) is 25.8 Å². The van der Waals surface area contributed by atoms with E-state index in [1.807, 2.05) is 0 Å². The number of primary amides is 1. The minimum atomic E-state index is -4.67. The molecule has 0 saturated carbocycles. The first kappa shape index (κ1) is 40.3. The average molecular weight is 727 g/mol. The highest BCUT2D eigenvalue weighted by molar-refractivity contribution is 7.47. The normalized spacial score (nSPS) is 14.5. The number of rotatable bonds is 19. The molecule has 9 N–H and O–H groups in total. The molecular weight excluding hydrogens is 683 g/mol. The molecule has 0 aliphatic heterocycles. The number of hydrogen-bond acceptors (Lipinski definition) is 10. The van der Waals surface area contributed by atoms with Gasteiger partial charge in [-0.3, -0.25) is 33.0 Å². The Bertz CT molecular complexity index is 1680. The molecule has 0 saturated heterocycles. The average Bonchev–Trinajstić information content (AvgIpc) is 3.11. The zero-order valence-electron chi connectivity index (χ0n) is 28.1. The molecule has 0 bridgehead atoms. The Morgan fingerprint density at radius 3 is 1.96 bits per heavy atom. The molecule has 0 aliphatic rings. The van der Waals surface area contributed by atoms with Crippen LogP contribution in [0.25, 0.3) is 0 Å². The van der Waals surface area contributed by atoms with E-state index in [1.54, 1.807) is 72.8 Å². The number of phosphoric ester groups is 1. The smallest absolute Gasteiger partial charge is 0.472 e. The predicted octanol–water partition coefficient (Wildman–Crippen LogP) is 0.257. The molecule has 16 nitrogen and oxygen atoms in total. The summed E-state index contributed by atoms with van der Waals surface area (Å²) in [4.78, 5) is 75.5. The highest BCUT2D eigenvalue weighted by atomic mass is 31.2. The van der Waals surface area contributed by atoms with Gasteiger partial charge < -0.3 is 42.3 Å². The fraction of sp³-hybridized carbons (Fsp3) is 0.324. The van der Waals surface area contributed by atoms with Gasteiger partial charge in [-0.1, -0.05) is 72.8 Å². The fourth-order valence-corrected chi connectivity index (χ4v) is 5.35. The van der Waals surface area contributed by atoms with Crippen molar-refractivity contribution in [1.29, 1.82) is 0 Å². The molecule has 0 radical (unpaired) electrons. The minimum Gasteiger partial charge on any atom is -0.508 e. The molecule has 5 atom stereocenters. The second kappa shape index (κ2) is 19.3. The first-order chi connectivity index (χ1) is 24.1. The van der Waals surface area contributed by atoms with E-state index in [2.05, 4.69) is 16.0 Å². The molecule has 0 spiro atoms. The summed E-state index contributed by atoms with van der Waals surface area (Å²) in [5.41, 5.74) is 13.4. The Balaban J connectivity index is 1.60. The van der Waals surface area contributed by atoms with Crippen molar-refractivity contribution >= 4 is 37.4 Å². The van der Waals surface area contributed by atoms with E-state index in [9.17, 15) is 38.5 Å². The molecule has 0 aromatic heterocycles. The van der Waals surface area contributed by atoms with Gasteiger partial charge in [0, 0.05) is 13.5 Å². The fourth-order valence-electron chi connectivity index (χ4n) is 4.62. The number of amides is 5. The van der Waals surface area contributed by atoms with Crippen LogP contribution in [-0.2, 0) is 57.0 Å². The zero-order chi connectivity index (χ0) is 37.6. The van der Waals surface area contributed by atoms with Gasteiger partial charge in [-0.2, -0.15) is 0 Å². The number of aromatic hydroxyl groups is 1. The van der Waals surface area contributed by atoms with E-state index >= 15 is 0 Å². The van der Waals surface area contributed by atoms with Crippen LogP contribution < -0.4 is 27.4 Å². The van der Waals surface area contributed by atoms with Crippen LogP contribution in [0.4, 0.5) is 0 Å². The lowest BCUT2D eigenvalue weighted by Crippen LogP contribution is -2.57. The van der Waals surface area contributed by atoms with Gasteiger partial charge in [-0.15, -0.1) is 0 Å². The molecule has 3 aromatic rings. The summed E-state index contributed by atoms with van der Waals surface area (Å²) in [7, 11) is -3.35. The number of nitrogens with two attached hydrogens (primary N) is 2. The monoisotopic (exact) mass is 726 g/mol. The number of likely N-dealkylation sites (N-methyl/N-ethyl adjacent to an activating group) is 1. The number of benzene rings is 3. The van der Waals surface area contributed by atoms with Gasteiger partial charge in [-0.05, 0) is 42.2 Å². The summed E-state index contributed by atoms with van der Waals surface area (Å²) in [5.74, 6) is -3.85. The van der Waals surface area contributed by atoms with Crippen molar-refractivity contribution in [1.82, 2.24) is 20.9 Å². The Hall–Kier alpha value is -5.12. The summed E-state index contributed by atoms with van der Waals surface area (Å²) in [5, 5.41) is 16.7. The maximum atomic E-state index is 13.5. The van der Waals surface area contributed by atoms with Crippen molar-refractivity contribution in [2.45, 2.75) is 50.5 Å². The van der Waals surface area contributed by atoms with Crippen molar-refractivity contribution in [3.8, 4) is 5.75 Å². The van der Waals surface area contributed by atoms with E-state index in [-0.39, 0.29) is 25.2 Å². The highest BCUT2D eigenvalue weighted by Crippen LogP contribution is 2.44.